The molecule has 0 aliphatic heterocycles. The Kier molecular flexibility index (Phi) is 3.66. The lowest BCUT2D eigenvalue weighted by atomic mass is 10.0. The van der Waals surface area contributed by atoms with Gasteiger partial charge in [-0.2, -0.15) is 0 Å². The van der Waals surface area contributed by atoms with Gasteiger partial charge in [0.25, 0.3) is 0 Å². The minimum Gasteiger partial charge on any atom is -0.465 e. The van der Waals surface area contributed by atoms with Gasteiger partial charge in [-0.1, -0.05) is 17.7 Å². The van der Waals surface area contributed by atoms with Crippen molar-refractivity contribution in [2.45, 2.75) is 0 Å². The minimum atomic E-state index is -1.29. The number of carboxylic acid groups (broad SMARTS) is 1. The van der Waals surface area contributed by atoms with Gasteiger partial charge in [-0.05, 0) is 35.9 Å². The molecule has 0 aromatic heterocycles. The van der Waals surface area contributed by atoms with Crippen molar-refractivity contribution in [1.82, 2.24) is 0 Å². The number of rotatable bonds is 2. The summed E-state index contributed by atoms with van der Waals surface area (Å²) in [6, 6.07) is 7.42. The average molecular weight is 284 g/mol. The SMILES string of the molecule is O=C(O)Nc1ccc(F)cc1-c1ccc(Cl)c(F)c1. The van der Waals surface area contributed by atoms with Crippen LogP contribution in [0.3, 0.4) is 0 Å². The molecule has 2 aromatic carbocycles. The van der Waals surface area contributed by atoms with Gasteiger partial charge in [-0.25, -0.2) is 13.6 Å². The fourth-order valence-electron chi connectivity index (χ4n) is 1.64. The summed E-state index contributed by atoms with van der Waals surface area (Å²) < 4.78 is 26.7. The van der Waals surface area contributed by atoms with E-state index in [0.29, 0.717) is 5.56 Å². The van der Waals surface area contributed by atoms with Crippen LogP contribution >= 0.6 is 11.6 Å². The molecule has 98 valence electrons. The molecule has 0 saturated carbocycles. The van der Waals surface area contributed by atoms with Gasteiger partial charge in [-0.3, -0.25) is 5.32 Å². The molecule has 0 saturated heterocycles. The highest BCUT2D eigenvalue weighted by Crippen LogP contribution is 2.31. The quantitative estimate of drug-likeness (QED) is 0.859. The Labute approximate surface area is 112 Å². The highest BCUT2D eigenvalue weighted by Gasteiger charge is 2.11. The second kappa shape index (κ2) is 5.24. The fraction of sp³-hybridized carbons (Fsp3) is 0. The van der Waals surface area contributed by atoms with Crippen LogP contribution in [0.15, 0.2) is 36.4 Å². The number of carbonyl (C=O) groups is 1. The van der Waals surface area contributed by atoms with E-state index in [1.165, 1.54) is 18.2 Å². The first-order chi connectivity index (χ1) is 8.97. The monoisotopic (exact) mass is 283 g/mol. The number of hydrogen-bond donors (Lipinski definition) is 2. The second-order valence-electron chi connectivity index (χ2n) is 3.75. The summed E-state index contributed by atoms with van der Waals surface area (Å²) in [4.78, 5) is 10.7. The van der Waals surface area contributed by atoms with Crippen LogP contribution in [-0.2, 0) is 0 Å². The highest BCUT2D eigenvalue weighted by molar-refractivity contribution is 6.30. The lowest BCUT2D eigenvalue weighted by Crippen LogP contribution is -2.08. The second-order valence-corrected chi connectivity index (χ2v) is 4.16. The van der Waals surface area contributed by atoms with Crippen LogP contribution < -0.4 is 5.32 Å². The Bertz CT molecular complexity index is 647. The molecule has 1 amide bonds. The van der Waals surface area contributed by atoms with E-state index in [-0.39, 0.29) is 16.3 Å². The van der Waals surface area contributed by atoms with Crippen molar-refractivity contribution in [3.63, 3.8) is 0 Å². The van der Waals surface area contributed by atoms with Crippen LogP contribution in [-0.4, -0.2) is 11.2 Å². The largest absolute Gasteiger partial charge is 0.465 e. The van der Waals surface area contributed by atoms with Crippen molar-refractivity contribution in [2.75, 3.05) is 5.32 Å². The molecule has 0 spiro atoms. The third-order valence-electron chi connectivity index (χ3n) is 2.45. The zero-order valence-electron chi connectivity index (χ0n) is 9.45. The third-order valence-corrected chi connectivity index (χ3v) is 2.76. The van der Waals surface area contributed by atoms with E-state index in [1.54, 1.807) is 0 Å². The van der Waals surface area contributed by atoms with Crippen molar-refractivity contribution < 1.29 is 18.7 Å². The predicted octanol–water partition coefficient (Wildman–Crippen LogP) is 4.38. The zero-order valence-corrected chi connectivity index (χ0v) is 10.2. The molecular formula is C13H8ClF2NO2. The summed E-state index contributed by atoms with van der Waals surface area (Å²) in [5.74, 6) is -1.22. The van der Waals surface area contributed by atoms with E-state index in [9.17, 15) is 13.6 Å². The van der Waals surface area contributed by atoms with E-state index in [4.69, 9.17) is 16.7 Å². The summed E-state index contributed by atoms with van der Waals surface area (Å²) in [5, 5.41) is 10.8. The highest BCUT2D eigenvalue weighted by atomic mass is 35.5. The molecule has 0 aliphatic rings. The number of nitrogens with one attached hydrogen (secondary N) is 1. The number of amides is 1. The molecule has 0 bridgehead atoms. The fourth-order valence-corrected chi connectivity index (χ4v) is 1.76. The Morgan fingerprint density at radius 1 is 1.16 bits per heavy atom. The number of benzene rings is 2. The number of halogens is 3. The Morgan fingerprint density at radius 3 is 2.53 bits per heavy atom. The lowest BCUT2D eigenvalue weighted by Gasteiger charge is -2.10. The zero-order chi connectivity index (χ0) is 14.0. The Balaban J connectivity index is 2.55. The van der Waals surface area contributed by atoms with Gasteiger partial charge in [0, 0.05) is 5.56 Å². The molecule has 0 atom stereocenters. The van der Waals surface area contributed by atoms with Crippen molar-refractivity contribution in [3.05, 3.63) is 53.1 Å². The Hall–Kier alpha value is -2.14. The van der Waals surface area contributed by atoms with Gasteiger partial charge in [-0.15, -0.1) is 0 Å². The summed E-state index contributed by atoms with van der Waals surface area (Å²) in [5.41, 5.74) is 0.721. The summed E-state index contributed by atoms with van der Waals surface area (Å²) in [6.07, 6.45) is -1.29. The van der Waals surface area contributed by atoms with Crippen molar-refractivity contribution in [1.29, 1.82) is 0 Å². The maximum Gasteiger partial charge on any atom is 0.409 e. The smallest absolute Gasteiger partial charge is 0.409 e. The van der Waals surface area contributed by atoms with Gasteiger partial charge in [0.1, 0.15) is 11.6 Å². The first kappa shape index (κ1) is 13.3. The predicted molar refractivity (Wildman–Crippen MR) is 68.5 cm³/mol. The summed E-state index contributed by atoms with van der Waals surface area (Å²) in [7, 11) is 0. The van der Waals surface area contributed by atoms with Crippen LogP contribution in [0.1, 0.15) is 0 Å². The van der Waals surface area contributed by atoms with Crippen LogP contribution in [0, 0.1) is 11.6 Å². The van der Waals surface area contributed by atoms with Crippen molar-refractivity contribution >= 4 is 23.4 Å². The molecule has 2 rings (SSSR count). The van der Waals surface area contributed by atoms with E-state index in [2.05, 4.69) is 5.32 Å². The molecule has 0 aliphatic carbocycles. The van der Waals surface area contributed by atoms with Gasteiger partial charge >= 0.3 is 6.09 Å². The van der Waals surface area contributed by atoms with Crippen LogP contribution in [0.25, 0.3) is 11.1 Å². The Morgan fingerprint density at radius 2 is 1.89 bits per heavy atom. The molecule has 6 heteroatoms. The summed E-state index contributed by atoms with van der Waals surface area (Å²) >= 11 is 5.56. The normalized spacial score (nSPS) is 10.3. The minimum absolute atomic E-state index is 0.0621. The molecule has 0 radical (unpaired) electrons. The molecule has 0 heterocycles. The standard InChI is InChI=1S/C13H8ClF2NO2/c14-10-3-1-7(5-11(10)16)9-6-8(15)2-4-12(9)17-13(18)19/h1-6,17H,(H,18,19). The molecule has 0 unspecified atom stereocenters. The van der Waals surface area contributed by atoms with E-state index in [0.717, 1.165) is 18.2 Å². The number of hydrogen-bond acceptors (Lipinski definition) is 1. The maximum absolute atomic E-state index is 13.4. The molecule has 0 fully saturated rings. The average Bonchev–Trinajstić information content (AvgIpc) is 2.34. The van der Waals surface area contributed by atoms with Crippen molar-refractivity contribution in [3.8, 4) is 11.1 Å². The van der Waals surface area contributed by atoms with Crippen molar-refractivity contribution in [2.24, 2.45) is 0 Å². The van der Waals surface area contributed by atoms with Crippen LogP contribution in [0.2, 0.25) is 5.02 Å². The summed E-state index contributed by atoms with van der Waals surface area (Å²) in [6.45, 7) is 0. The molecular weight excluding hydrogens is 276 g/mol. The van der Waals surface area contributed by atoms with E-state index < -0.39 is 17.7 Å². The molecule has 2 N–H and O–H groups in total. The lowest BCUT2D eigenvalue weighted by molar-refractivity contribution is 0.210. The maximum atomic E-state index is 13.4. The first-order valence-corrected chi connectivity index (χ1v) is 5.60. The topological polar surface area (TPSA) is 49.3 Å². The van der Waals surface area contributed by atoms with Gasteiger partial charge in [0.05, 0.1) is 10.7 Å². The van der Waals surface area contributed by atoms with Crippen LogP contribution in [0.4, 0.5) is 19.3 Å². The molecule has 19 heavy (non-hydrogen) atoms. The van der Waals surface area contributed by atoms with Gasteiger partial charge < -0.3 is 5.11 Å². The van der Waals surface area contributed by atoms with Crippen LogP contribution in [0.5, 0.6) is 0 Å². The first-order valence-electron chi connectivity index (χ1n) is 5.22. The van der Waals surface area contributed by atoms with Gasteiger partial charge in [0.2, 0.25) is 0 Å². The number of anilines is 1. The van der Waals surface area contributed by atoms with Gasteiger partial charge in [0.15, 0.2) is 0 Å². The molecule has 2 aromatic rings. The molecule has 3 nitrogen and oxygen atoms in total. The van der Waals surface area contributed by atoms with E-state index in [1.807, 2.05) is 0 Å². The third kappa shape index (κ3) is 3.00. The van der Waals surface area contributed by atoms with E-state index >= 15 is 0 Å².